The van der Waals surface area contributed by atoms with Crippen molar-refractivity contribution in [2.45, 2.75) is 38.8 Å². The molecular weight excluding hydrogens is 264 g/mol. The lowest BCUT2D eigenvalue weighted by Gasteiger charge is -2.38. The predicted molar refractivity (Wildman–Crippen MR) is 84.2 cm³/mol. The van der Waals surface area contributed by atoms with Crippen molar-refractivity contribution in [2.24, 2.45) is 0 Å². The van der Waals surface area contributed by atoms with E-state index < -0.39 is 0 Å². The summed E-state index contributed by atoms with van der Waals surface area (Å²) in [6.07, 6.45) is 1.48. The molecule has 116 valence electrons. The van der Waals surface area contributed by atoms with Crippen LogP contribution in [0.3, 0.4) is 0 Å². The standard InChI is InChI=1S/C17H26N2O2/c1-13-7-4-5-8-15(13)16-11-19(14(2)12-21-16)17(20)9-6-10-18-3/h4-5,7-8,14,16,18H,6,9-12H2,1-3H3. The van der Waals surface area contributed by atoms with Crippen molar-refractivity contribution in [1.29, 1.82) is 0 Å². The first-order chi connectivity index (χ1) is 10.1. The van der Waals surface area contributed by atoms with Gasteiger partial charge in [-0.3, -0.25) is 4.79 Å². The number of carbonyl (C=O) groups is 1. The van der Waals surface area contributed by atoms with Crippen molar-refractivity contribution < 1.29 is 9.53 Å². The number of benzene rings is 1. The van der Waals surface area contributed by atoms with E-state index in [1.807, 2.05) is 24.1 Å². The molecule has 1 amide bonds. The number of rotatable bonds is 5. The highest BCUT2D eigenvalue weighted by Gasteiger charge is 2.30. The van der Waals surface area contributed by atoms with Crippen LogP contribution in [0, 0.1) is 6.92 Å². The lowest BCUT2D eigenvalue weighted by Crippen LogP contribution is -2.48. The van der Waals surface area contributed by atoms with Crippen LogP contribution < -0.4 is 5.32 Å². The van der Waals surface area contributed by atoms with Crippen LogP contribution in [0.1, 0.15) is 37.0 Å². The van der Waals surface area contributed by atoms with Crippen molar-refractivity contribution in [3.05, 3.63) is 35.4 Å². The Labute approximate surface area is 127 Å². The second-order valence-electron chi connectivity index (χ2n) is 5.78. The summed E-state index contributed by atoms with van der Waals surface area (Å²) in [6, 6.07) is 8.41. The van der Waals surface area contributed by atoms with Crippen LogP contribution in [-0.2, 0) is 9.53 Å². The average Bonchev–Trinajstić information content (AvgIpc) is 2.48. The van der Waals surface area contributed by atoms with Crippen LogP contribution >= 0.6 is 0 Å². The smallest absolute Gasteiger partial charge is 0.223 e. The molecule has 1 aromatic rings. The zero-order valence-electron chi connectivity index (χ0n) is 13.3. The number of aryl methyl sites for hydroxylation is 1. The highest BCUT2D eigenvalue weighted by atomic mass is 16.5. The third-order valence-electron chi connectivity index (χ3n) is 4.11. The van der Waals surface area contributed by atoms with E-state index in [9.17, 15) is 4.79 Å². The molecule has 1 aliphatic heterocycles. The molecule has 0 aliphatic carbocycles. The van der Waals surface area contributed by atoms with Gasteiger partial charge in [0.2, 0.25) is 5.91 Å². The third-order valence-corrected chi connectivity index (χ3v) is 4.11. The van der Waals surface area contributed by atoms with Gasteiger partial charge < -0.3 is 15.0 Å². The van der Waals surface area contributed by atoms with E-state index in [-0.39, 0.29) is 18.1 Å². The second kappa shape index (κ2) is 7.57. The topological polar surface area (TPSA) is 41.6 Å². The van der Waals surface area contributed by atoms with Crippen molar-refractivity contribution in [2.75, 3.05) is 26.7 Å². The lowest BCUT2D eigenvalue weighted by atomic mass is 10.0. The monoisotopic (exact) mass is 290 g/mol. The Morgan fingerprint density at radius 3 is 2.90 bits per heavy atom. The quantitative estimate of drug-likeness (QED) is 0.846. The predicted octanol–water partition coefficient (Wildman–Crippen LogP) is 2.28. The minimum Gasteiger partial charge on any atom is -0.370 e. The van der Waals surface area contributed by atoms with E-state index >= 15 is 0 Å². The van der Waals surface area contributed by atoms with Crippen LogP contribution in [0.2, 0.25) is 0 Å². The first-order valence-corrected chi connectivity index (χ1v) is 7.74. The molecule has 21 heavy (non-hydrogen) atoms. The first kappa shape index (κ1) is 16.0. The van der Waals surface area contributed by atoms with Gasteiger partial charge in [-0.25, -0.2) is 0 Å². The molecule has 1 heterocycles. The van der Waals surface area contributed by atoms with Gasteiger partial charge >= 0.3 is 0 Å². The zero-order chi connectivity index (χ0) is 15.2. The van der Waals surface area contributed by atoms with Crippen LogP contribution in [0.25, 0.3) is 0 Å². The number of morpholine rings is 1. The maximum absolute atomic E-state index is 12.4. The van der Waals surface area contributed by atoms with Gasteiger partial charge in [0.1, 0.15) is 6.10 Å². The summed E-state index contributed by atoms with van der Waals surface area (Å²) in [7, 11) is 1.91. The van der Waals surface area contributed by atoms with Crippen molar-refractivity contribution in [3.63, 3.8) is 0 Å². The molecule has 2 rings (SSSR count). The van der Waals surface area contributed by atoms with Crippen molar-refractivity contribution >= 4 is 5.91 Å². The normalized spacial score (nSPS) is 22.3. The highest BCUT2D eigenvalue weighted by Crippen LogP contribution is 2.27. The Balaban J connectivity index is 2.02. The van der Waals surface area contributed by atoms with Crippen LogP contribution in [0.4, 0.5) is 0 Å². The van der Waals surface area contributed by atoms with Gasteiger partial charge in [0, 0.05) is 6.42 Å². The summed E-state index contributed by atoms with van der Waals surface area (Å²) < 4.78 is 5.96. The maximum Gasteiger partial charge on any atom is 0.223 e. The molecule has 0 spiro atoms. The molecule has 1 aromatic carbocycles. The fourth-order valence-electron chi connectivity index (χ4n) is 2.80. The van der Waals surface area contributed by atoms with Crippen molar-refractivity contribution in [3.8, 4) is 0 Å². The lowest BCUT2D eigenvalue weighted by molar-refractivity contribution is -0.144. The summed E-state index contributed by atoms with van der Waals surface area (Å²) in [5.41, 5.74) is 2.41. The number of nitrogens with one attached hydrogen (secondary N) is 1. The highest BCUT2D eigenvalue weighted by molar-refractivity contribution is 5.76. The summed E-state index contributed by atoms with van der Waals surface area (Å²) >= 11 is 0. The minimum atomic E-state index is -0.00403. The Hall–Kier alpha value is -1.39. The third kappa shape index (κ3) is 4.05. The number of nitrogens with zero attached hydrogens (tertiary/aromatic N) is 1. The molecule has 1 saturated heterocycles. The van der Waals surface area contributed by atoms with Gasteiger partial charge in [-0.05, 0) is 45.0 Å². The Bertz CT molecular complexity index is 476. The van der Waals surface area contributed by atoms with E-state index in [4.69, 9.17) is 4.74 Å². The molecule has 4 heteroatoms. The Morgan fingerprint density at radius 2 is 2.19 bits per heavy atom. The number of amides is 1. The Morgan fingerprint density at radius 1 is 1.43 bits per heavy atom. The molecule has 0 radical (unpaired) electrons. The van der Waals surface area contributed by atoms with Gasteiger partial charge in [-0.15, -0.1) is 0 Å². The molecule has 4 nitrogen and oxygen atoms in total. The molecule has 1 aliphatic rings. The minimum absolute atomic E-state index is 0.00403. The number of hydrogen-bond donors (Lipinski definition) is 1. The summed E-state index contributed by atoms with van der Waals surface area (Å²) in [4.78, 5) is 14.4. The van der Waals surface area contributed by atoms with E-state index in [0.717, 1.165) is 13.0 Å². The fraction of sp³-hybridized carbons (Fsp3) is 0.588. The van der Waals surface area contributed by atoms with E-state index in [2.05, 4.69) is 31.3 Å². The van der Waals surface area contributed by atoms with E-state index in [0.29, 0.717) is 19.6 Å². The van der Waals surface area contributed by atoms with Crippen molar-refractivity contribution in [1.82, 2.24) is 10.2 Å². The van der Waals surface area contributed by atoms with Gasteiger partial charge in [0.25, 0.3) is 0 Å². The molecule has 0 saturated carbocycles. The van der Waals surface area contributed by atoms with Crippen LogP contribution in [-0.4, -0.2) is 43.6 Å². The van der Waals surface area contributed by atoms with Crippen LogP contribution in [0.5, 0.6) is 0 Å². The SMILES string of the molecule is CNCCCC(=O)N1CC(c2ccccc2C)OCC1C. The van der Waals surface area contributed by atoms with E-state index in [1.165, 1.54) is 11.1 Å². The molecule has 0 bridgehead atoms. The van der Waals surface area contributed by atoms with Gasteiger partial charge in [-0.2, -0.15) is 0 Å². The molecule has 1 N–H and O–H groups in total. The maximum atomic E-state index is 12.4. The first-order valence-electron chi connectivity index (χ1n) is 7.74. The van der Waals surface area contributed by atoms with Gasteiger partial charge in [0.05, 0.1) is 19.2 Å². The molecule has 1 fully saturated rings. The number of carbonyl (C=O) groups excluding carboxylic acids is 1. The molecular formula is C17H26N2O2. The molecule has 0 aromatic heterocycles. The molecule has 2 atom stereocenters. The largest absolute Gasteiger partial charge is 0.370 e. The number of hydrogen-bond acceptors (Lipinski definition) is 3. The van der Waals surface area contributed by atoms with Crippen LogP contribution in [0.15, 0.2) is 24.3 Å². The summed E-state index contributed by atoms with van der Waals surface area (Å²) in [5.74, 6) is 0.236. The average molecular weight is 290 g/mol. The zero-order valence-corrected chi connectivity index (χ0v) is 13.3. The number of ether oxygens (including phenoxy) is 1. The van der Waals surface area contributed by atoms with Gasteiger partial charge in [-0.1, -0.05) is 24.3 Å². The Kier molecular flexibility index (Phi) is 5.76. The van der Waals surface area contributed by atoms with Gasteiger partial charge in [0.15, 0.2) is 0 Å². The molecule has 2 unspecified atom stereocenters. The van der Waals surface area contributed by atoms with E-state index in [1.54, 1.807) is 0 Å². The fourth-order valence-corrected chi connectivity index (χ4v) is 2.80. The second-order valence-corrected chi connectivity index (χ2v) is 5.78. The summed E-state index contributed by atoms with van der Waals surface area (Å²) in [6.45, 7) is 6.30. The summed E-state index contributed by atoms with van der Waals surface area (Å²) in [5, 5.41) is 3.08.